The van der Waals surface area contributed by atoms with Crippen LogP contribution in [0.15, 0.2) is 6.33 Å². The average molecular weight is 229 g/mol. The Bertz CT molecular complexity index is 466. The summed E-state index contributed by atoms with van der Waals surface area (Å²) in [6.07, 6.45) is 9.07. The van der Waals surface area contributed by atoms with Crippen LogP contribution in [0.2, 0.25) is 0 Å². The van der Waals surface area contributed by atoms with Gasteiger partial charge in [0.15, 0.2) is 0 Å². The molecule has 1 unspecified atom stereocenters. The third-order valence-electron chi connectivity index (χ3n) is 3.46. The van der Waals surface area contributed by atoms with E-state index < -0.39 is 0 Å². The quantitative estimate of drug-likeness (QED) is 0.674. The van der Waals surface area contributed by atoms with E-state index in [0.29, 0.717) is 12.5 Å². The Morgan fingerprint density at radius 1 is 1.47 bits per heavy atom. The second-order valence-corrected chi connectivity index (χ2v) is 4.52. The van der Waals surface area contributed by atoms with Crippen LogP contribution in [0.3, 0.4) is 0 Å². The Morgan fingerprint density at radius 3 is 3.24 bits per heavy atom. The lowest BCUT2D eigenvalue weighted by Gasteiger charge is -2.24. The molecular formula is C13H15N3O. The van der Waals surface area contributed by atoms with Crippen molar-refractivity contribution in [1.82, 2.24) is 9.97 Å². The van der Waals surface area contributed by atoms with Gasteiger partial charge in [-0.3, -0.25) is 0 Å². The maximum atomic E-state index is 5.50. The van der Waals surface area contributed by atoms with Gasteiger partial charge in [-0.1, -0.05) is 0 Å². The normalized spacial score (nSPS) is 23.2. The molecule has 0 radical (unpaired) electrons. The Balaban J connectivity index is 1.91. The molecule has 3 rings (SSSR count). The first kappa shape index (κ1) is 10.5. The highest BCUT2D eigenvalue weighted by Gasteiger charge is 2.26. The maximum Gasteiger partial charge on any atom is 0.137 e. The predicted molar refractivity (Wildman–Crippen MR) is 64.5 cm³/mol. The molecule has 17 heavy (non-hydrogen) atoms. The van der Waals surface area contributed by atoms with Crippen LogP contribution in [0.1, 0.15) is 17.7 Å². The van der Waals surface area contributed by atoms with Crippen LogP contribution in [0.4, 0.5) is 5.82 Å². The topological polar surface area (TPSA) is 38.2 Å². The number of nitrogens with zero attached hydrogens (tertiary/aromatic N) is 3. The zero-order valence-electron chi connectivity index (χ0n) is 9.72. The lowest BCUT2D eigenvalue weighted by atomic mass is 10.1. The summed E-state index contributed by atoms with van der Waals surface area (Å²) < 4.78 is 5.50. The molecule has 4 heteroatoms. The van der Waals surface area contributed by atoms with Crippen molar-refractivity contribution in [3.63, 3.8) is 0 Å². The molecule has 0 saturated carbocycles. The first-order valence-electron chi connectivity index (χ1n) is 6.00. The number of rotatable bonds is 1. The van der Waals surface area contributed by atoms with Crippen molar-refractivity contribution in [3.05, 3.63) is 17.6 Å². The number of terminal acetylenes is 1. The van der Waals surface area contributed by atoms with Gasteiger partial charge in [-0.25, -0.2) is 9.97 Å². The molecular weight excluding hydrogens is 214 g/mol. The minimum atomic E-state index is 0.352. The number of anilines is 1. The van der Waals surface area contributed by atoms with Crippen LogP contribution < -0.4 is 4.90 Å². The third-order valence-corrected chi connectivity index (χ3v) is 3.46. The van der Waals surface area contributed by atoms with Crippen molar-refractivity contribution in [2.75, 3.05) is 24.6 Å². The number of hydrogen-bond donors (Lipinski definition) is 0. The van der Waals surface area contributed by atoms with Gasteiger partial charge in [0.2, 0.25) is 0 Å². The van der Waals surface area contributed by atoms with Gasteiger partial charge in [-0.2, -0.15) is 0 Å². The second kappa shape index (κ2) is 4.34. The molecule has 0 amide bonds. The zero-order valence-corrected chi connectivity index (χ0v) is 9.72. The Labute approximate surface area is 101 Å². The molecule has 2 aliphatic rings. The summed E-state index contributed by atoms with van der Waals surface area (Å²) in [6, 6.07) is 0. The van der Waals surface area contributed by atoms with Crippen molar-refractivity contribution >= 4 is 5.82 Å². The monoisotopic (exact) mass is 229 g/mol. The van der Waals surface area contributed by atoms with Gasteiger partial charge in [0.25, 0.3) is 0 Å². The van der Waals surface area contributed by atoms with Gasteiger partial charge in [-0.05, 0) is 6.42 Å². The number of ether oxygens (including phenoxy) is 1. The smallest absolute Gasteiger partial charge is 0.137 e. The fraction of sp³-hybridized carbons (Fsp3) is 0.538. The van der Waals surface area contributed by atoms with Gasteiger partial charge in [0.1, 0.15) is 12.1 Å². The molecule has 0 N–H and O–H groups in total. The van der Waals surface area contributed by atoms with Crippen LogP contribution in [0, 0.1) is 18.3 Å². The van der Waals surface area contributed by atoms with Crippen LogP contribution >= 0.6 is 0 Å². The summed E-state index contributed by atoms with van der Waals surface area (Å²) in [5, 5.41) is 0. The first-order chi connectivity index (χ1) is 8.38. The molecule has 0 spiro atoms. The van der Waals surface area contributed by atoms with Crippen molar-refractivity contribution in [3.8, 4) is 12.3 Å². The number of fused-ring (bicyclic) bond motifs is 1. The molecule has 0 aliphatic carbocycles. The number of hydrogen-bond acceptors (Lipinski definition) is 4. The van der Waals surface area contributed by atoms with E-state index in [0.717, 1.165) is 49.6 Å². The van der Waals surface area contributed by atoms with Crippen LogP contribution in [-0.2, 0) is 17.8 Å². The molecule has 1 fully saturated rings. The summed E-state index contributed by atoms with van der Waals surface area (Å²) >= 11 is 0. The SMILES string of the molecule is C#CC1CCN(c2ncnc3c2COCC3)C1. The van der Waals surface area contributed by atoms with E-state index in [1.807, 2.05) is 0 Å². The van der Waals surface area contributed by atoms with E-state index in [2.05, 4.69) is 20.8 Å². The molecule has 2 aliphatic heterocycles. The minimum Gasteiger partial charge on any atom is -0.376 e. The van der Waals surface area contributed by atoms with E-state index in [1.54, 1.807) is 6.33 Å². The van der Waals surface area contributed by atoms with Crippen LogP contribution in [-0.4, -0.2) is 29.7 Å². The molecule has 4 nitrogen and oxygen atoms in total. The van der Waals surface area contributed by atoms with Gasteiger partial charge in [0.05, 0.1) is 18.9 Å². The fourth-order valence-electron chi connectivity index (χ4n) is 2.51. The summed E-state index contributed by atoms with van der Waals surface area (Å²) in [5.74, 6) is 4.20. The number of aromatic nitrogens is 2. The average Bonchev–Trinajstić information content (AvgIpc) is 2.87. The Morgan fingerprint density at radius 2 is 2.41 bits per heavy atom. The molecule has 1 atom stereocenters. The second-order valence-electron chi connectivity index (χ2n) is 4.52. The van der Waals surface area contributed by atoms with E-state index in [1.165, 1.54) is 0 Å². The molecule has 1 saturated heterocycles. The highest BCUT2D eigenvalue weighted by molar-refractivity contribution is 5.50. The summed E-state index contributed by atoms with van der Waals surface area (Å²) in [5.41, 5.74) is 2.28. The van der Waals surface area contributed by atoms with Crippen molar-refractivity contribution in [1.29, 1.82) is 0 Å². The van der Waals surface area contributed by atoms with Crippen LogP contribution in [0.25, 0.3) is 0 Å². The van der Waals surface area contributed by atoms with Gasteiger partial charge in [0, 0.05) is 31.0 Å². The summed E-state index contributed by atoms with van der Waals surface area (Å²) in [7, 11) is 0. The predicted octanol–water partition coefficient (Wildman–Crippen LogP) is 1.01. The van der Waals surface area contributed by atoms with Crippen LogP contribution in [0.5, 0.6) is 0 Å². The molecule has 3 heterocycles. The first-order valence-corrected chi connectivity index (χ1v) is 6.00. The molecule has 88 valence electrons. The summed E-state index contributed by atoms with van der Waals surface area (Å²) in [4.78, 5) is 11.0. The van der Waals surface area contributed by atoms with E-state index in [-0.39, 0.29) is 0 Å². The van der Waals surface area contributed by atoms with Gasteiger partial charge in [-0.15, -0.1) is 12.3 Å². The van der Waals surface area contributed by atoms with E-state index in [9.17, 15) is 0 Å². The Hall–Kier alpha value is -1.60. The van der Waals surface area contributed by atoms with Crippen molar-refractivity contribution in [2.24, 2.45) is 5.92 Å². The third kappa shape index (κ3) is 1.87. The van der Waals surface area contributed by atoms with E-state index in [4.69, 9.17) is 11.2 Å². The fourth-order valence-corrected chi connectivity index (χ4v) is 2.51. The minimum absolute atomic E-state index is 0.352. The highest BCUT2D eigenvalue weighted by Crippen LogP contribution is 2.28. The molecule has 1 aromatic rings. The van der Waals surface area contributed by atoms with E-state index >= 15 is 0 Å². The maximum absolute atomic E-state index is 5.50. The van der Waals surface area contributed by atoms with Gasteiger partial charge >= 0.3 is 0 Å². The lowest BCUT2D eigenvalue weighted by molar-refractivity contribution is 0.109. The molecule has 0 bridgehead atoms. The standard InChI is InChI=1S/C13H15N3O/c1-2-10-3-5-16(7-10)13-11-8-17-6-4-12(11)14-9-15-13/h1,9-10H,3-8H2. The Kier molecular flexibility index (Phi) is 2.69. The van der Waals surface area contributed by atoms with Crippen molar-refractivity contribution in [2.45, 2.75) is 19.4 Å². The van der Waals surface area contributed by atoms with Gasteiger partial charge < -0.3 is 9.64 Å². The lowest BCUT2D eigenvalue weighted by Crippen LogP contribution is -2.25. The zero-order chi connectivity index (χ0) is 11.7. The van der Waals surface area contributed by atoms with Crippen molar-refractivity contribution < 1.29 is 4.74 Å². The largest absolute Gasteiger partial charge is 0.376 e. The summed E-state index contributed by atoms with van der Waals surface area (Å²) in [6.45, 7) is 3.28. The molecule has 1 aromatic heterocycles. The molecule has 0 aromatic carbocycles. The highest BCUT2D eigenvalue weighted by atomic mass is 16.5.